The molecule has 0 saturated heterocycles. The molecule has 1 fully saturated rings. The Morgan fingerprint density at radius 2 is 1.72 bits per heavy atom. The van der Waals surface area contributed by atoms with Gasteiger partial charge in [0.15, 0.2) is 0 Å². The lowest BCUT2D eigenvalue weighted by molar-refractivity contribution is -0.168. The smallest absolute Gasteiger partial charge is 0.417 e. The standard InChI is InChI=1S/C8H12O4.C4H8O2/c9-7(10)8(11)12-6-4-2-1-3-5-6;1-3-6-4(2)5/h6H,1-5H2,(H,9,10);3H2,1-2H3. The van der Waals surface area contributed by atoms with E-state index in [2.05, 4.69) is 4.74 Å². The Labute approximate surface area is 106 Å². The molecule has 0 unspecified atom stereocenters. The summed E-state index contributed by atoms with van der Waals surface area (Å²) in [6.45, 7) is 3.65. The molecule has 0 aromatic heterocycles. The van der Waals surface area contributed by atoms with Crippen molar-refractivity contribution in [1.29, 1.82) is 0 Å². The highest BCUT2D eigenvalue weighted by atomic mass is 16.6. The van der Waals surface area contributed by atoms with Crippen LogP contribution in [0.25, 0.3) is 0 Å². The molecule has 0 atom stereocenters. The fourth-order valence-electron chi connectivity index (χ4n) is 1.59. The van der Waals surface area contributed by atoms with Gasteiger partial charge in [-0.2, -0.15) is 0 Å². The van der Waals surface area contributed by atoms with Crippen molar-refractivity contribution in [2.75, 3.05) is 6.61 Å². The molecule has 1 rings (SSSR count). The first-order valence-electron chi connectivity index (χ1n) is 6.04. The molecule has 18 heavy (non-hydrogen) atoms. The molecule has 6 nitrogen and oxygen atoms in total. The number of hydrogen-bond donors (Lipinski definition) is 1. The lowest BCUT2D eigenvalue weighted by Gasteiger charge is -2.20. The maximum absolute atomic E-state index is 10.6. The normalized spacial score (nSPS) is 15.0. The Hall–Kier alpha value is -1.59. The van der Waals surface area contributed by atoms with E-state index in [1.54, 1.807) is 6.92 Å². The molecular weight excluding hydrogens is 240 g/mol. The average molecular weight is 260 g/mol. The summed E-state index contributed by atoms with van der Waals surface area (Å²) in [6, 6.07) is 0. The molecule has 0 aromatic carbocycles. The first kappa shape index (κ1) is 16.4. The predicted molar refractivity (Wildman–Crippen MR) is 62.9 cm³/mol. The molecule has 0 amide bonds. The molecule has 104 valence electrons. The summed E-state index contributed by atoms with van der Waals surface area (Å²) in [6.07, 6.45) is 4.65. The number of carbonyl (C=O) groups is 3. The molecule has 0 spiro atoms. The van der Waals surface area contributed by atoms with E-state index in [1.807, 2.05) is 0 Å². The van der Waals surface area contributed by atoms with Crippen LogP contribution in [-0.4, -0.2) is 35.7 Å². The fourth-order valence-corrected chi connectivity index (χ4v) is 1.59. The van der Waals surface area contributed by atoms with E-state index in [0.717, 1.165) is 32.1 Å². The second kappa shape index (κ2) is 9.44. The van der Waals surface area contributed by atoms with Gasteiger partial charge in [0.1, 0.15) is 6.10 Å². The Kier molecular flexibility index (Phi) is 8.61. The number of carbonyl (C=O) groups excluding carboxylic acids is 2. The predicted octanol–water partition coefficient (Wildman–Crippen LogP) is 1.52. The molecule has 0 aromatic rings. The van der Waals surface area contributed by atoms with Crippen molar-refractivity contribution in [2.45, 2.75) is 52.1 Å². The second-order valence-electron chi connectivity index (χ2n) is 3.90. The lowest BCUT2D eigenvalue weighted by Crippen LogP contribution is -2.25. The van der Waals surface area contributed by atoms with E-state index in [0.29, 0.717) is 6.61 Å². The van der Waals surface area contributed by atoms with Gasteiger partial charge < -0.3 is 14.6 Å². The third-order valence-corrected chi connectivity index (χ3v) is 2.35. The molecule has 0 radical (unpaired) electrons. The Balaban J connectivity index is 0.000000411. The van der Waals surface area contributed by atoms with E-state index in [9.17, 15) is 14.4 Å². The number of hydrogen-bond acceptors (Lipinski definition) is 5. The van der Waals surface area contributed by atoms with Crippen LogP contribution in [-0.2, 0) is 23.9 Å². The maximum atomic E-state index is 10.6. The number of rotatable bonds is 2. The van der Waals surface area contributed by atoms with Crippen molar-refractivity contribution in [2.24, 2.45) is 0 Å². The van der Waals surface area contributed by atoms with Crippen molar-refractivity contribution in [3.05, 3.63) is 0 Å². The SMILES string of the molecule is CCOC(C)=O.O=C(O)C(=O)OC1CCCCC1. The zero-order valence-electron chi connectivity index (χ0n) is 10.8. The van der Waals surface area contributed by atoms with Crippen LogP contribution in [0.3, 0.4) is 0 Å². The van der Waals surface area contributed by atoms with Gasteiger partial charge in [0, 0.05) is 6.92 Å². The Morgan fingerprint density at radius 1 is 1.17 bits per heavy atom. The van der Waals surface area contributed by atoms with Crippen molar-refractivity contribution >= 4 is 17.9 Å². The van der Waals surface area contributed by atoms with Crippen LogP contribution in [0.5, 0.6) is 0 Å². The van der Waals surface area contributed by atoms with Crippen molar-refractivity contribution in [1.82, 2.24) is 0 Å². The molecule has 1 N–H and O–H groups in total. The first-order chi connectivity index (χ1) is 8.47. The van der Waals surface area contributed by atoms with Gasteiger partial charge in [-0.15, -0.1) is 0 Å². The summed E-state index contributed by atoms with van der Waals surface area (Å²) in [7, 11) is 0. The van der Waals surface area contributed by atoms with Gasteiger partial charge in [0.2, 0.25) is 0 Å². The summed E-state index contributed by atoms with van der Waals surface area (Å²) >= 11 is 0. The minimum atomic E-state index is -1.50. The molecule has 0 aliphatic heterocycles. The molecule has 0 bridgehead atoms. The zero-order valence-corrected chi connectivity index (χ0v) is 10.8. The summed E-state index contributed by atoms with van der Waals surface area (Å²) in [5.74, 6) is -2.83. The highest BCUT2D eigenvalue weighted by Gasteiger charge is 2.21. The van der Waals surface area contributed by atoms with Gasteiger partial charge >= 0.3 is 17.9 Å². The highest BCUT2D eigenvalue weighted by molar-refractivity contribution is 6.28. The van der Waals surface area contributed by atoms with E-state index < -0.39 is 11.9 Å². The minimum absolute atomic E-state index is 0.164. The third-order valence-electron chi connectivity index (χ3n) is 2.35. The van der Waals surface area contributed by atoms with Crippen LogP contribution in [0.1, 0.15) is 46.0 Å². The van der Waals surface area contributed by atoms with E-state index in [4.69, 9.17) is 9.84 Å². The zero-order chi connectivity index (χ0) is 14.0. The van der Waals surface area contributed by atoms with Gasteiger partial charge in [0.05, 0.1) is 6.61 Å². The summed E-state index contributed by atoms with van der Waals surface area (Å²) in [4.78, 5) is 30.5. The van der Waals surface area contributed by atoms with Gasteiger partial charge in [-0.1, -0.05) is 6.42 Å². The molecule has 1 aliphatic rings. The second-order valence-corrected chi connectivity index (χ2v) is 3.90. The van der Waals surface area contributed by atoms with E-state index in [1.165, 1.54) is 6.92 Å². The number of esters is 2. The maximum Gasteiger partial charge on any atom is 0.417 e. The van der Waals surface area contributed by atoms with Crippen LogP contribution >= 0.6 is 0 Å². The fraction of sp³-hybridized carbons (Fsp3) is 0.750. The number of ether oxygens (including phenoxy) is 2. The van der Waals surface area contributed by atoms with Crippen molar-refractivity contribution < 1.29 is 29.0 Å². The van der Waals surface area contributed by atoms with Gasteiger partial charge in [-0.25, -0.2) is 9.59 Å². The number of carboxylic acids is 1. The molecule has 1 saturated carbocycles. The van der Waals surface area contributed by atoms with E-state index in [-0.39, 0.29) is 12.1 Å². The summed E-state index contributed by atoms with van der Waals surface area (Å²) in [5, 5.41) is 8.24. The third kappa shape index (κ3) is 8.55. The van der Waals surface area contributed by atoms with E-state index >= 15 is 0 Å². The lowest BCUT2D eigenvalue weighted by atomic mass is 9.98. The van der Waals surface area contributed by atoms with Crippen LogP contribution in [0.15, 0.2) is 0 Å². The Bertz CT molecular complexity index is 280. The van der Waals surface area contributed by atoms with Crippen molar-refractivity contribution in [3.8, 4) is 0 Å². The summed E-state index contributed by atoms with van der Waals surface area (Å²) in [5.41, 5.74) is 0. The Morgan fingerprint density at radius 3 is 2.06 bits per heavy atom. The van der Waals surface area contributed by atoms with Crippen LogP contribution in [0, 0.1) is 0 Å². The highest BCUT2D eigenvalue weighted by Crippen LogP contribution is 2.20. The molecule has 6 heteroatoms. The average Bonchev–Trinajstić information content (AvgIpc) is 2.30. The van der Waals surface area contributed by atoms with Crippen molar-refractivity contribution in [3.63, 3.8) is 0 Å². The van der Waals surface area contributed by atoms with Crippen LogP contribution in [0.4, 0.5) is 0 Å². The van der Waals surface area contributed by atoms with Gasteiger partial charge in [0.25, 0.3) is 0 Å². The summed E-state index contributed by atoms with van der Waals surface area (Å²) < 4.78 is 9.12. The molecule has 1 aliphatic carbocycles. The molecular formula is C12H20O6. The topological polar surface area (TPSA) is 89.9 Å². The van der Waals surface area contributed by atoms with Crippen LogP contribution in [0.2, 0.25) is 0 Å². The quantitative estimate of drug-likeness (QED) is 0.598. The van der Waals surface area contributed by atoms with Crippen LogP contribution < -0.4 is 0 Å². The first-order valence-corrected chi connectivity index (χ1v) is 6.04. The van der Waals surface area contributed by atoms with Gasteiger partial charge in [-0.3, -0.25) is 4.79 Å². The number of carboxylic acid groups (broad SMARTS) is 1. The van der Waals surface area contributed by atoms with Gasteiger partial charge in [-0.05, 0) is 32.6 Å². The largest absolute Gasteiger partial charge is 0.473 e. The molecule has 0 heterocycles. The minimum Gasteiger partial charge on any atom is -0.473 e. The monoisotopic (exact) mass is 260 g/mol. The number of aliphatic carboxylic acids is 1.